The van der Waals surface area contributed by atoms with Gasteiger partial charge >= 0.3 is 0 Å². The van der Waals surface area contributed by atoms with Crippen molar-refractivity contribution in [2.24, 2.45) is 0 Å². The Hall–Kier alpha value is -3.55. The van der Waals surface area contributed by atoms with Crippen LogP contribution in [0, 0.1) is 0 Å². The molecule has 3 heterocycles. The van der Waals surface area contributed by atoms with Crippen LogP contribution in [-0.4, -0.2) is 65.0 Å². The van der Waals surface area contributed by atoms with Crippen LogP contribution in [0.25, 0.3) is 10.9 Å². The number of anilines is 2. The second kappa shape index (κ2) is 9.75. The Morgan fingerprint density at radius 2 is 1.76 bits per heavy atom. The summed E-state index contributed by atoms with van der Waals surface area (Å²) in [5.41, 5.74) is 5.21. The molecule has 0 aliphatic carbocycles. The molecule has 34 heavy (non-hydrogen) atoms. The zero-order valence-corrected chi connectivity index (χ0v) is 19.7. The fourth-order valence-electron chi connectivity index (χ4n) is 4.43. The minimum atomic E-state index is -0.129. The third-order valence-electron chi connectivity index (χ3n) is 6.55. The molecule has 1 aliphatic rings. The minimum Gasteiger partial charge on any atom is -0.345 e. The molecular weight excluding hydrogens is 424 g/mol. The number of aromatic amines is 1. The van der Waals surface area contributed by atoms with Crippen LogP contribution in [0.15, 0.2) is 71.8 Å². The zero-order chi connectivity index (χ0) is 23.5. The summed E-state index contributed by atoms with van der Waals surface area (Å²) in [6.45, 7) is 5.48. The van der Waals surface area contributed by atoms with Crippen molar-refractivity contribution in [1.29, 1.82) is 0 Å². The highest BCUT2D eigenvalue weighted by atomic mass is 16.1. The van der Waals surface area contributed by atoms with Gasteiger partial charge in [0.25, 0.3) is 5.56 Å². The van der Waals surface area contributed by atoms with Gasteiger partial charge in [-0.1, -0.05) is 24.3 Å². The lowest BCUT2D eigenvalue weighted by atomic mass is 10.1. The molecule has 1 aliphatic heterocycles. The third-order valence-corrected chi connectivity index (χ3v) is 6.55. The summed E-state index contributed by atoms with van der Waals surface area (Å²) in [5, 5.41) is 0.561. The summed E-state index contributed by atoms with van der Waals surface area (Å²) >= 11 is 0. The molecule has 0 atom stereocenters. The molecule has 0 amide bonds. The van der Waals surface area contributed by atoms with Crippen LogP contribution in [0.5, 0.6) is 0 Å². The van der Waals surface area contributed by atoms with E-state index in [9.17, 15) is 4.79 Å². The Labute approximate surface area is 199 Å². The number of nitrogens with one attached hydrogen (secondary N) is 1. The molecule has 0 spiro atoms. The van der Waals surface area contributed by atoms with E-state index in [4.69, 9.17) is 0 Å². The maximum absolute atomic E-state index is 12.3. The van der Waals surface area contributed by atoms with Gasteiger partial charge in [-0.3, -0.25) is 14.7 Å². The maximum Gasteiger partial charge on any atom is 0.258 e. The molecule has 7 nitrogen and oxygen atoms in total. The van der Waals surface area contributed by atoms with Gasteiger partial charge in [0, 0.05) is 63.8 Å². The van der Waals surface area contributed by atoms with E-state index >= 15 is 0 Å². The first-order valence-corrected chi connectivity index (χ1v) is 11.7. The van der Waals surface area contributed by atoms with Crippen molar-refractivity contribution in [3.63, 3.8) is 0 Å². The summed E-state index contributed by atoms with van der Waals surface area (Å²) < 4.78 is 0. The second-order valence-electron chi connectivity index (χ2n) is 9.06. The lowest BCUT2D eigenvalue weighted by Crippen LogP contribution is -2.43. The van der Waals surface area contributed by atoms with Gasteiger partial charge < -0.3 is 14.8 Å². The summed E-state index contributed by atoms with van der Waals surface area (Å²) in [6.07, 6.45) is 3.80. The van der Waals surface area contributed by atoms with Crippen molar-refractivity contribution in [3.05, 3.63) is 94.3 Å². The summed E-state index contributed by atoms with van der Waals surface area (Å²) in [6, 6.07) is 18.9. The average molecular weight is 455 g/mol. The molecule has 4 aromatic rings. The van der Waals surface area contributed by atoms with Crippen molar-refractivity contribution in [2.45, 2.75) is 13.0 Å². The highest BCUT2D eigenvalue weighted by Gasteiger charge is 2.14. The monoisotopic (exact) mass is 454 g/mol. The number of H-pyrrole nitrogens is 1. The lowest BCUT2D eigenvalue weighted by molar-refractivity contribution is 0.148. The van der Waals surface area contributed by atoms with Gasteiger partial charge in [0.2, 0.25) is 0 Å². The fraction of sp³-hybridized carbons (Fsp3) is 0.296. The molecule has 2 aromatic heterocycles. The van der Waals surface area contributed by atoms with Gasteiger partial charge in [-0.25, -0.2) is 4.98 Å². The first-order chi connectivity index (χ1) is 16.5. The molecule has 2 aromatic carbocycles. The molecule has 1 fully saturated rings. The van der Waals surface area contributed by atoms with Gasteiger partial charge in [0.05, 0.1) is 17.1 Å². The van der Waals surface area contributed by atoms with Gasteiger partial charge in [-0.05, 0) is 48.5 Å². The highest BCUT2D eigenvalue weighted by Crippen LogP contribution is 2.25. The maximum atomic E-state index is 12.3. The van der Waals surface area contributed by atoms with Crippen LogP contribution in [0.4, 0.5) is 11.4 Å². The van der Waals surface area contributed by atoms with Crippen LogP contribution < -0.4 is 10.5 Å². The average Bonchev–Trinajstić information content (AvgIpc) is 2.86. The molecule has 0 radical (unpaired) electrons. The normalized spacial score (nSPS) is 15.0. The highest BCUT2D eigenvalue weighted by molar-refractivity contribution is 5.76. The molecule has 174 valence electrons. The van der Waals surface area contributed by atoms with Gasteiger partial charge in [-0.2, -0.15) is 0 Å². The number of piperazine rings is 1. The smallest absolute Gasteiger partial charge is 0.258 e. The van der Waals surface area contributed by atoms with Crippen LogP contribution in [0.1, 0.15) is 17.0 Å². The lowest BCUT2D eigenvalue weighted by Gasteiger charge is -2.32. The van der Waals surface area contributed by atoms with Crippen LogP contribution in [-0.2, 0) is 13.0 Å². The minimum absolute atomic E-state index is 0.129. The molecule has 5 rings (SSSR count). The number of hydrogen-bond donors (Lipinski definition) is 1. The van der Waals surface area contributed by atoms with E-state index in [1.165, 1.54) is 11.3 Å². The van der Waals surface area contributed by atoms with Gasteiger partial charge in [0.1, 0.15) is 5.82 Å². The number of nitrogens with zero attached hydrogens (tertiary/aromatic N) is 5. The third kappa shape index (κ3) is 5.00. The van der Waals surface area contributed by atoms with E-state index < -0.39 is 0 Å². The largest absolute Gasteiger partial charge is 0.345 e. The first-order valence-electron chi connectivity index (χ1n) is 11.7. The summed E-state index contributed by atoms with van der Waals surface area (Å²) in [7, 11) is 4.28. The second-order valence-corrected chi connectivity index (χ2v) is 9.06. The molecule has 0 unspecified atom stereocenters. The Bertz CT molecular complexity index is 1330. The SMILES string of the molecule is CN1CCN(Cc2cccc(N(C)c3ccc(Cc4nc5cnccc5c(=O)[nH]4)cc3)c2)CC1. The predicted molar refractivity (Wildman–Crippen MR) is 137 cm³/mol. The summed E-state index contributed by atoms with van der Waals surface area (Å²) in [5.74, 6) is 0.642. The molecular formula is C27H30N6O. The standard InChI is InChI=1S/C27H30N6O/c1-31-12-14-33(15-13-31)19-21-4-3-5-23(16-21)32(2)22-8-6-20(7-9-22)17-26-29-25-18-28-11-10-24(25)27(34)30-26/h3-11,16,18H,12-15,17,19H2,1-2H3,(H,29,30,34). The predicted octanol–water partition coefficient (Wildman–Crippen LogP) is 3.42. The Kier molecular flexibility index (Phi) is 6.38. The zero-order valence-electron chi connectivity index (χ0n) is 19.7. The van der Waals surface area contributed by atoms with Crippen LogP contribution in [0.2, 0.25) is 0 Å². The topological polar surface area (TPSA) is 68.4 Å². The van der Waals surface area contributed by atoms with Gasteiger partial charge in [0.15, 0.2) is 0 Å². The van der Waals surface area contributed by atoms with E-state index in [1.807, 2.05) is 0 Å². The van der Waals surface area contributed by atoms with E-state index in [2.05, 4.69) is 92.3 Å². The molecule has 0 saturated carbocycles. The van der Waals surface area contributed by atoms with Crippen LogP contribution >= 0.6 is 0 Å². The number of rotatable bonds is 6. The number of hydrogen-bond acceptors (Lipinski definition) is 6. The van der Waals surface area contributed by atoms with E-state index in [0.29, 0.717) is 23.1 Å². The number of benzene rings is 2. The van der Waals surface area contributed by atoms with E-state index in [1.54, 1.807) is 18.5 Å². The van der Waals surface area contributed by atoms with Crippen molar-refractivity contribution in [3.8, 4) is 0 Å². The number of aromatic nitrogens is 3. The fourth-order valence-corrected chi connectivity index (χ4v) is 4.43. The Morgan fingerprint density at radius 1 is 0.971 bits per heavy atom. The van der Waals surface area contributed by atoms with Crippen molar-refractivity contribution in [2.75, 3.05) is 45.2 Å². The number of pyridine rings is 1. The van der Waals surface area contributed by atoms with Crippen molar-refractivity contribution < 1.29 is 0 Å². The molecule has 1 N–H and O–H groups in total. The quantitative estimate of drug-likeness (QED) is 0.482. The molecule has 0 bridgehead atoms. The molecule has 1 saturated heterocycles. The first kappa shape index (κ1) is 22.3. The number of fused-ring (bicyclic) bond motifs is 1. The molecule has 7 heteroatoms. The van der Waals surface area contributed by atoms with Crippen LogP contribution in [0.3, 0.4) is 0 Å². The van der Waals surface area contributed by atoms with E-state index in [0.717, 1.165) is 44.0 Å². The Balaban J connectivity index is 1.27. The Morgan fingerprint density at radius 3 is 2.56 bits per heavy atom. The van der Waals surface area contributed by atoms with Crippen molar-refractivity contribution >= 4 is 22.3 Å². The van der Waals surface area contributed by atoms with Crippen molar-refractivity contribution in [1.82, 2.24) is 24.8 Å². The van der Waals surface area contributed by atoms with E-state index in [-0.39, 0.29) is 5.56 Å². The summed E-state index contributed by atoms with van der Waals surface area (Å²) in [4.78, 5) is 31.0. The number of likely N-dealkylation sites (N-methyl/N-ethyl adjacent to an activating group) is 1. The van der Waals surface area contributed by atoms with Gasteiger partial charge in [-0.15, -0.1) is 0 Å².